The summed E-state index contributed by atoms with van der Waals surface area (Å²) in [7, 11) is -0.763. The number of hydrogen-bond donors (Lipinski definition) is 2. The number of carbonyl (C=O) groups is 2. The Morgan fingerprint density at radius 1 is 1.06 bits per heavy atom. The van der Waals surface area contributed by atoms with Gasteiger partial charge in [-0.3, -0.25) is 9.59 Å². The maximum Gasteiger partial charge on any atom is 0.256 e. The molecule has 35 heavy (non-hydrogen) atoms. The Kier molecular flexibility index (Phi) is 6.84. The Balaban J connectivity index is 1.64. The molecule has 0 atom stereocenters. The number of fused-ring (bicyclic) bond motifs is 1. The summed E-state index contributed by atoms with van der Waals surface area (Å²) in [6, 6.07) is 11.4. The average Bonchev–Trinajstić information content (AvgIpc) is 3.21. The van der Waals surface area contributed by atoms with E-state index in [1.165, 1.54) is 18.5 Å². The Labute approximate surface area is 207 Å². The highest BCUT2D eigenvalue weighted by Gasteiger charge is 2.33. The van der Waals surface area contributed by atoms with Crippen molar-refractivity contribution in [1.29, 1.82) is 0 Å². The van der Waals surface area contributed by atoms with E-state index in [1.807, 2.05) is 6.92 Å². The van der Waals surface area contributed by atoms with E-state index in [1.54, 1.807) is 42.5 Å². The molecule has 0 spiro atoms. The molecule has 0 bridgehead atoms. The number of nitrogens with zero attached hydrogens (tertiary/aromatic N) is 1. The van der Waals surface area contributed by atoms with Gasteiger partial charge in [0.1, 0.15) is 16.5 Å². The molecule has 0 aliphatic carbocycles. The Morgan fingerprint density at radius 2 is 1.69 bits per heavy atom. The number of anilines is 1. The molecule has 184 valence electrons. The average molecular weight is 516 g/mol. The van der Waals surface area contributed by atoms with Gasteiger partial charge in [0.2, 0.25) is 10.0 Å². The Bertz CT molecular complexity index is 1380. The number of sulfonamides is 1. The van der Waals surface area contributed by atoms with Gasteiger partial charge in [0.05, 0.1) is 24.7 Å². The predicted octanol–water partition coefficient (Wildman–Crippen LogP) is 3.17. The van der Waals surface area contributed by atoms with E-state index in [9.17, 15) is 18.0 Å². The van der Waals surface area contributed by atoms with Crippen LogP contribution in [-0.2, 0) is 23.0 Å². The van der Waals surface area contributed by atoms with E-state index in [2.05, 4.69) is 5.32 Å². The van der Waals surface area contributed by atoms with Gasteiger partial charge in [-0.1, -0.05) is 17.7 Å². The summed E-state index contributed by atoms with van der Waals surface area (Å²) in [5.74, 6) is -0.289. The fourth-order valence-electron chi connectivity index (χ4n) is 3.91. The molecule has 0 saturated heterocycles. The van der Waals surface area contributed by atoms with Gasteiger partial charge >= 0.3 is 0 Å². The third-order valence-electron chi connectivity index (χ3n) is 5.77. The van der Waals surface area contributed by atoms with Gasteiger partial charge in [0.15, 0.2) is 0 Å². The maximum absolute atomic E-state index is 13.2. The minimum absolute atomic E-state index is 0.0827. The van der Waals surface area contributed by atoms with Gasteiger partial charge < -0.3 is 20.5 Å². The topological polar surface area (TPSA) is 128 Å². The molecule has 3 aromatic rings. The number of hydrogen-bond acceptors (Lipinski definition) is 7. The van der Waals surface area contributed by atoms with E-state index < -0.39 is 21.8 Å². The first-order valence-corrected chi connectivity index (χ1v) is 12.9. The first-order chi connectivity index (χ1) is 16.6. The van der Waals surface area contributed by atoms with Crippen LogP contribution in [0.15, 0.2) is 47.4 Å². The molecule has 0 fully saturated rings. The van der Waals surface area contributed by atoms with Crippen molar-refractivity contribution in [2.45, 2.75) is 24.8 Å². The highest BCUT2D eigenvalue weighted by molar-refractivity contribution is 7.89. The van der Waals surface area contributed by atoms with E-state index in [0.717, 1.165) is 16.9 Å². The zero-order chi connectivity index (χ0) is 25.3. The lowest BCUT2D eigenvalue weighted by Gasteiger charge is -2.26. The number of rotatable bonds is 7. The highest BCUT2D eigenvalue weighted by atomic mass is 32.2. The van der Waals surface area contributed by atoms with Crippen molar-refractivity contribution >= 4 is 38.2 Å². The summed E-state index contributed by atoms with van der Waals surface area (Å²) in [5, 5.41) is 3.04. The van der Waals surface area contributed by atoms with Crippen LogP contribution in [0.3, 0.4) is 0 Å². The molecule has 2 heterocycles. The molecule has 4 rings (SSSR count). The van der Waals surface area contributed by atoms with Crippen molar-refractivity contribution in [3.05, 3.63) is 69.6 Å². The first kappa shape index (κ1) is 24.7. The summed E-state index contributed by atoms with van der Waals surface area (Å²) in [6.07, 6.45) is 0.304. The van der Waals surface area contributed by atoms with E-state index in [0.29, 0.717) is 28.4 Å². The van der Waals surface area contributed by atoms with E-state index >= 15 is 0 Å². The lowest BCUT2D eigenvalue weighted by Crippen LogP contribution is -2.35. The maximum atomic E-state index is 13.2. The number of nitrogens with one attached hydrogen (secondary N) is 1. The number of primary amides is 1. The number of methoxy groups -OCH3 is 2. The van der Waals surface area contributed by atoms with Crippen LogP contribution in [0.25, 0.3) is 0 Å². The smallest absolute Gasteiger partial charge is 0.256 e. The van der Waals surface area contributed by atoms with Crippen molar-refractivity contribution in [3.63, 3.8) is 0 Å². The van der Waals surface area contributed by atoms with E-state index in [-0.39, 0.29) is 34.1 Å². The Hall–Kier alpha value is -3.41. The lowest BCUT2D eigenvalue weighted by atomic mass is 10.0. The van der Waals surface area contributed by atoms with Crippen LogP contribution >= 0.6 is 11.3 Å². The molecule has 11 heteroatoms. The number of aryl methyl sites for hydroxylation is 1. The number of benzene rings is 2. The summed E-state index contributed by atoms with van der Waals surface area (Å²) >= 11 is 1.15. The second-order valence-electron chi connectivity index (χ2n) is 8.03. The first-order valence-electron chi connectivity index (χ1n) is 10.7. The molecule has 0 radical (unpaired) electrons. The normalized spacial score (nSPS) is 13.7. The third kappa shape index (κ3) is 4.88. The van der Waals surface area contributed by atoms with Crippen LogP contribution in [0.1, 0.15) is 36.7 Å². The van der Waals surface area contributed by atoms with Crippen molar-refractivity contribution in [1.82, 2.24) is 4.31 Å². The SMILES string of the molecule is COc1cc(OC)cc(C(=O)Nc2sc3c(c2C(N)=O)CCN(S(=O)(=O)c2ccc(C)cc2)C3)c1. The molecule has 3 N–H and O–H groups in total. The van der Waals surface area contributed by atoms with E-state index in [4.69, 9.17) is 15.2 Å². The van der Waals surface area contributed by atoms with Gasteiger partial charge in [-0.05, 0) is 43.2 Å². The minimum Gasteiger partial charge on any atom is -0.497 e. The van der Waals surface area contributed by atoms with Crippen LogP contribution in [0.5, 0.6) is 11.5 Å². The number of nitrogens with two attached hydrogens (primary N) is 1. The molecule has 2 aromatic carbocycles. The van der Waals surface area contributed by atoms with Crippen molar-refractivity contribution in [2.24, 2.45) is 5.73 Å². The van der Waals surface area contributed by atoms with Crippen LogP contribution in [0.4, 0.5) is 5.00 Å². The van der Waals surface area contributed by atoms with Crippen LogP contribution in [-0.4, -0.2) is 45.3 Å². The standard InChI is InChI=1S/C24H25N3O6S2/c1-14-4-6-18(7-5-14)35(30,31)27-9-8-19-20(13-27)34-24(21(19)22(25)28)26-23(29)15-10-16(32-2)12-17(11-15)33-3/h4-7,10-12H,8-9,13H2,1-3H3,(H2,25,28)(H,26,29). The van der Waals surface area contributed by atoms with Gasteiger partial charge in [0, 0.05) is 29.6 Å². The molecule has 9 nitrogen and oxygen atoms in total. The van der Waals surface area contributed by atoms with Crippen molar-refractivity contribution in [3.8, 4) is 11.5 Å². The van der Waals surface area contributed by atoms with Crippen molar-refractivity contribution < 1.29 is 27.5 Å². The zero-order valence-electron chi connectivity index (χ0n) is 19.5. The van der Waals surface area contributed by atoms with Crippen LogP contribution < -0.4 is 20.5 Å². The largest absolute Gasteiger partial charge is 0.497 e. The summed E-state index contributed by atoms with van der Waals surface area (Å²) in [6.45, 7) is 2.16. The highest BCUT2D eigenvalue weighted by Crippen LogP contribution is 2.38. The fourth-order valence-corrected chi connectivity index (χ4v) is 6.66. The molecule has 2 amide bonds. The molecule has 0 unspecified atom stereocenters. The number of carbonyl (C=O) groups excluding carboxylic acids is 2. The fraction of sp³-hybridized carbons (Fsp3) is 0.250. The summed E-state index contributed by atoms with van der Waals surface area (Å²) in [5.41, 5.74) is 7.76. The lowest BCUT2D eigenvalue weighted by molar-refractivity contribution is 0.1000. The quantitative estimate of drug-likeness (QED) is 0.497. The predicted molar refractivity (Wildman–Crippen MR) is 133 cm³/mol. The van der Waals surface area contributed by atoms with Crippen LogP contribution in [0, 0.1) is 6.92 Å². The number of ether oxygens (including phenoxy) is 2. The second kappa shape index (κ2) is 9.68. The molecule has 1 aliphatic heterocycles. The molecule has 0 saturated carbocycles. The van der Waals surface area contributed by atoms with Gasteiger partial charge in [-0.2, -0.15) is 4.31 Å². The van der Waals surface area contributed by atoms with Crippen molar-refractivity contribution in [2.75, 3.05) is 26.1 Å². The summed E-state index contributed by atoms with van der Waals surface area (Å²) < 4.78 is 38.1. The Morgan fingerprint density at radius 3 is 2.26 bits per heavy atom. The third-order valence-corrected chi connectivity index (χ3v) is 8.76. The number of thiophene rings is 1. The molecular weight excluding hydrogens is 490 g/mol. The zero-order valence-corrected chi connectivity index (χ0v) is 21.1. The number of amides is 2. The molecule has 1 aliphatic rings. The van der Waals surface area contributed by atoms with Gasteiger partial charge in [-0.25, -0.2) is 8.42 Å². The molecular formula is C24H25N3O6S2. The van der Waals surface area contributed by atoms with Gasteiger partial charge in [0.25, 0.3) is 11.8 Å². The van der Waals surface area contributed by atoms with Gasteiger partial charge in [-0.15, -0.1) is 11.3 Å². The summed E-state index contributed by atoms with van der Waals surface area (Å²) in [4.78, 5) is 26.2. The monoisotopic (exact) mass is 515 g/mol. The minimum atomic E-state index is -3.72. The molecule has 1 aromatic heterocycles. The second-order valence-corrected chi connectivity index (χ2v) is 11.1. The van der Waals surface area contributed by atoms with Crippen LogP contribution in [0.2, 0.25) is 0 Å².